The van der Waals surface area contributed by atoms with Gasteiger partial charge < -0.3 is 49.8 Å². The van der Waals surface area contributed by atoms with E-state index in [1.807, 2.05) is 0 Å². The SMILES string of the molecule is CC1=C2[C@@H](O)C(=O)[C@@]3(C)[C@H]([C@H](OC(=O)c4ccccc4)[C@](O)(CC1OC(=O)[C@H](O)[C@@H](NC(=O)OC(C)C)C1CCCCC1)C2(C)C)[C@]1(O)CO[C@@H]1C[C@@H]3O.[Ac].[Ac]. The van der Waals surface area contributed by atoms with Gasteiger partial charge in [-0.1, -0.05) is 51.3 Å². The number of rotatable bonds is 8. The number of alkyl carbamates (subject to hydrolysis) is 1. The molecule has 2 bridgehead atoms. The van der Waals surface area contributed by atoms with Gasteiger partial charge in [-0.2, -0.15) is 0 Å². The molecule has 1 aliphatic heterocycles. The molecule has 4 fully saturated rings. The van der Waals surface area contributed by atoms with Gasteiger partial charge >= 0.3 is 18.0 Å². The number of ketones is 1. The first-order valence-electron chi connectivity index (χ1n) is 19.1. The Morgan fingerprint density at radius 1 is 0.964 bits per heavy atom. The minimum absolute atomic E-state index is 0. The van der Waals surface area contributed by atoms with Crippen LogP contribution in [-0.4, -0.2) is 116 Å². The molecule has 1 unspecified atom stereocenters. The molecule has 5 aliphatic rings. The third-order valence-electron chi connectivity index (χ3n) is 13.2. The maximum atomic E-state index is 14.7. The van der Waals surface area contributed by atoms with E-state index in [4.69, 9.17) is 18.9 Å². The first-order chi connectivity index (χ1) is 25.3. The van der Waals surface area contributed by atoms with Crippen LogP contribution in [0.3, 0.4) is 0 Å². The molecule has 56 heavy (non-hydrogen) atoms. The molecule has 16 heteroatoms. The van der Waals surface area contributed by atoms with E-state index in [9.17, 15) is 44.7 Å². The minimum Gasteiger partial charge on any atom is -0.456 e. The zero-order valence-electron chi connectivity index (χ0n) is 33.0. The molecule has 11 atom stereocenters. The van der Waals surface area contributed by atoms with E-state index < -0.39 is 107 Å². The molecule has 0 spiro atoms. The van der Waals surface area contributed by atoms with Crippen LogP contribution < -0.4 is 5.32 Å². The molecule has 14 nitrogen and oxygen atoms in total. The van der Waals surface area contributed by atoms with E-state index in [0.717, 1.165) is 19.3 Å². The van der Waals surface area contributed by atoms with Gasteiger partial charge in [0.05, 0.1) is 41.9 Å². The van der Waals surface area contributed by atoms with Crippen LogP contribution in [-0.2, 0) is 28.5 Å². The summed E-state index contributed by atoms with van der Waals surface area (Å²) in [5, 5.41) is 63.4. The van der Waals surface area contributed by atoms with E-state index in [1.165, 1.54) is 19.1 Å². The third-order valence-corrected chi connectivity index (χ3v) is 13.2. The molecule has 1 amide bonds. The summed E-state index contributed by atoms with van der Waals surface area (Å²) in [6, 6.07) is 6.89. The monoisotopic (exact) mass is 1210 g/mol. The molecule has 6 N–H and O–H groups in total. The summed E-state index contributed by atoms with van der Waals surface area (Å²) >= 11 is 0. The Hall–Kier alpha value is -0.517. The van der Waals surface area contributed by atoms with Gasteiger partial charge in [-0.25, -0.2) is 14.4 Å². The second-order valence-electron chi connectivity index (χ2n) is 17.0. The van der Waals surface area contributed by atoms with Gasteiger partial charge in [0.15, 0.2) is 11.9 Å². The van der Waals surface area contributed by atoms with Gasteiger partial charge in [0.2, 0.25) is 0 Å². The number of hydrogen-bond acceptors (Lipinski definition) is 13. The van der Waals surface area contributed by atoms with Crippen LogP contribution in [0.25, 0.3) is 0 Å². The number of aliphatic hydroxyl groups excluding tert-OH is 3. The van der Waals surface area contributed by atoms with Crippen LogP contribution in [0.15, 0.2) is 41.5 Å². The van der Waals surface area contributed by atoms with Crippen molar-refractivity contribution in [3.05, 3.63) is 47.0 Å². The predicted octanol–water partition coefficient (Wildman–Crippen LogP) is 2.51. The third kappa shape index (κ3) is 8.27. The molecule has 3 saturated carbocycles. The van der Waals surface area contributed by atoms with Crippen LogP contribution in [0, 0.1) is 111 Å². The number of esters is 2. The van der Waals surface area contributed by atoms with E-state index in [-0.39, 0.29) is 124 Å². The standard InChI is InChI=1S/C40H55NO13.2Ac/c1-20(2)52-36(48)41-28(22-13-9-7-10-14-22)30(44)35(47)53-24-18-40(50)33(54-34(46)23-15-11-8-12-16-23)31-38(6,25(42)17-26-39(31,49)19-51-26)32(45)29(43)27(21(24)3)37(40,4)5;;/h8,11-12,15-16,20,22,24-26,28-31,33,42-44,49-50H,7,9-10,13-14,17-19H2,1-6H3,(H,41,48);;/t24?,25-,26+,28-,29+,30+,31-,33-,38+,39-,40+;;/m0../s1. The average molecular weight is 1210 g/mol. The average Bonchev–Trinajstić information content (AvgIpc) is 3.12. The van der Waals surface area contributed by atoms with Crippen LogP contribution in [0.1, 0.15) is 96.8 Å². The van der Waals surface area contributed by atoms with Gasteiger partial charge in [-0.3, -0.25) is 4.79 Å². The maximum Gasteiger partial charge on any atom is 0.407 e. The van der Waals surface area contributed by atoms with Crippen LogP contribution in [0.4, 0.5) is 4.79 Å². The second-order valence-corrected chi connectivity index (χ2v) is 17.0. The molecular formula is C40H55Ac2NO13. The summed E-state index contributed by atoms with van der Waals surface area (Å²) in [6.07, 6.45) is -7.32. The Bertz CT molecular complexity index is 1670. The summed E-state index contributed by atoms with van der Waals surface area (Å²) in [4.78, 5) is 55.3. The number of ether oxygens (including phenoxy) is 4. The number of amides is 1. The molecule has 0 aromatic heterocycles. The summed E-state index contributed by atoms with van der Waals surface area (Å²) in [5.74, 6) is -4.65. The number of fused-ring (bicyclic) bond motifs is 5. The van der Waals surface area contributed by atoms with Crippen molar-refractivity contribution in [3.63, 3.8) is 0 Å². The molecule has 1 aromatic carbocycles. The number of carbonyl (C=O) groups excluding carboxylic acids is 4. The van der Waals surface area contributed by atoms with Crippen LogP contribution >= 0.6 is 0 Å². The van der Waals surface area contributed by atoms with Crippen molar-refractivity contribution in [2.24, 2.45) is 22.7 Å². The molecule has 1 heterocycles. The molecule has 304 valence electrons. The fraction of sp³-hybridized carbons (Fsp3) is 0.700. The zero-order valence-corrected chi connectivity index (χ0v) is 42.5. The Morgan fingerprint density at radius 3 is 2.16 bits per heavy atom. The molecule has 6 rings (SSSR count). The fourth-order valence-electron chi connectivity index (χ4n) is 10.1. The first kappa shape index (κ1) is 48.2. The van der Waals surface area contributed by atoms with Crippen molar-refractivity contribution < 1.29 is 152 Å². The molecule has 1 aromatic rings. The van der Waals surface area contributed by atoms with Gasteiger partial charge in [0.1, 0.15) is 29.5 Å². The summed E-state index contributed by atoms with van der Waals surface area (Å²) in [6.45, 7) is 9.12. The second kappa shape index (κ2) is 18.2. The number of aliphatic hydroxyl groups is 5. The van der Waals surface area contributed by atoms with Crippen molar-refractivity contribution in [1.82, 2.24) is 5.32 Å². The minimum atomic E-state index is -2.27. The Kier molecular flexibility index (Phi) is 15.7. The van der Waals surface area contributed by atoms with Crippen molar-refractivity contribution >= 4 is 23.8 Å². The Balaban J connectivity index is 0.00000348. The first-order valence-corrected chi connectivity index (χ1v) is 19.1. The molecule has 1 saturated heterocycles. The topological polar surface area (TPSA) is 218 Å². The van der Waals surface area contributed by atoms with Crippen molar-refractivity contribution in [2.45, 2.75) is 146 Å². The number of Topliss-reactive ketones (excluding diaryl/α,β-unsaturated/α-hetero) is 1. The summed E-state index contributed by atoms with van der Waals surface area (Å²) < 4.78 is 23.1. The van der Waals surface area contributed by atoms with E-state index in [1.54, 1.807) is 52.8 Å². The summed E-state index contributed by atoms with van der Waals surface area (Å²) in [5.41, 5.74) is -7.34. The quantitative estimate of drug-likeness (QED) is 0.126. The van der Waals surface area contributed by atoms with Gasteiger partial charge in [0, 0.05) is 112 Å². The van der Waals surface area contributed by atoms with E-state index in [0.29, 0.717) is 12.8 Å². The van der Waals surface area contributed by atoms with Crippen LogP contribution in [0.2, 0.25) is 0 Å². The van der Waals surface area contributed by atoms with Crippen LogP contribution in [0.5, 0.6) is 0 Å². The van der Waals surface area contributed by atoms with Crippen molar-refractivity contribution in [2.75, 3.05) is 6.61 Å². The molecule has 2 radical (unpaired) electrons. The van der Waals surface area contributed by atoms with Crippen molar-refractivity contribution in [3.8, 4) is 0 Å². The van der Waals surface area contributed by atoms with Gasteiger partial charge in [-0.05, 0) is 69.7 Å². The zero-order chi connectivity index (χ0) is 39.5. The molecular weight excluding hydrogens is 1160 g/mol. The molecule has 4 aliphatic carbocycles. The van der Waals surface area contributed by atoms with E-state index in [2.05, 4.69) is 5.32 Å². The maximum absolute atomic E-state index is 14.7. The summed E-state index contributed by atoms with van der Waals surface area (Å²) in [7, 11) is 0. The normalized spacial score (nSPS) is 36.0. The Morgan fingerprint density at radius 2 is 1.59 bits per heavy atom. The number of hydrogen-bond donors (Lipinski definition) is 6. The fourth-order valence-corrected chi connectivity index (χ4v) is 10.1. The van der Waals surface area contributed by atoms with Gasteiger partial charge in [0.25, 0.3) is 0 Å². The number of nitrogens with one attached hydrogen (secondary N) is 1. The largest absolute Gasteiger partial charge is 0.456 e. The Labute approximate surface area is 399 Å². The predicted molar refractivity (Wildman–Crippen MR) is 191 cm³/mol. The smallest absolute Gasteiger partial charge is 0.407 e. The van der Waals surface area contributed by atoms with Gasteiger partial charge in [-0.15, -0.1) is 0 Å². The van der Waals surface area contributed by atoms with Crippen molar-refractivity contribution in [1.29, 1.82) is 0 Å². The van der Waals surface area contributed by atoms with E-state index >= 15 is 0 Å². The number of benzene rings is 1. The number of carbonyl (C=O) groups is 4.